The molecular weight excluding hydrogens is 775 g/mol. The number of hydrogen-bond acceptors (Lipinski definition) is 1. The summed E-state index contributed by atoms with van der Waals surface area (Å²) in [6.45, 7) is 0. The summed E-state index contributed by atoms with van der Waals surface area (Å²) in [5.74, 6) is 0. The van der Waals surface area contributed by atoms with E-state index in [1.165, 1.54) is 71.5 Å². The zero-order valence-corrected chi connectivity index (χ0v) is 35.0. The fraction of sp³-hybridized carbons (Fsp3) is 0. The molecule has 0 aliphatic heterocycles. The van der Waals surface area contributed by atoms with E-state index in [1.807, 2.05) is 6.07 Å². The standard InChI is InChI=1S/C61H41N3/c1-3-17-45(18-4-1)58-41-61(46-19-5-2-6-20-46)64(62-58)49-37-32-44(33-38-49)52-23-9-11-25-54(52)55-26-12-10-24-53(55)47-34-39-60-57(40-47)56-27-13-14-29-59(56)63(60)48-35-30-43(31-36-48)51-28-15-21-42-16-7-8-22-50(42)51/h1-41H. The highest BCUT2D eigenvalue weighted by Crippen LogP contribution is 2.41. The van der Waals surface area contributed by atoms with Crippen molar-refractivity contribution in [3.8, 4) is 78.4 Å². The average Bonchev–Trinajstić information content (AvgIpc) is 3.97. The monoisotopic (exact) mass is 815 g/mol. The molecule has 3 nitrogen and oxygen atoms in total. The van der Waals surface area contributed by atoms with Gasteiger partial charge in [-0.1, -0.05) is 200 Å². The van der Waals surface area contributed by atoms with E-state index in [-0.39, 0.29) is 0 Å². The Labute approximate surface area is 372 Å². The molecule has 0 amide bonds. The highest BCUT2D eigenvalue weighted by atomic mass is 15.3. The van der Waals surface area contributed by atoms with Crippen LogP contribution < -0.4 is 0 Å². The van der Waals surface area contributed by atoms with Crippen molar-refractivity contribution >= 4 is 32.6 Å². The first-order chi connectivity index (χ1) is 31.7. The number of nitrogens with zero attached hydrogens (tertiary/aromatic N) is 3. The maximum Gasteiger partial charge on any atom is 0.0934 e. The van der Waals surface area contributed by atoms with Gasteiger partial charge in [0.15, 0.2) is 0 Å². The molecule has 0 radical (unpaired) electrons. The predicted octanol–water partition coefficient (Wildman–Crippen LogP) is 16.1. The highest BCUT2D eigenvalue weighted by Gasteiger charge is 2.18. The van der Waals surface area contributed by atoms with E-state index in [0.29, 0.717) is 0 Å². The van der Waals surface area contributed by atoms with E-state index in [9.17, 15) is 0 Å². The van der Waals surface area contributed by atoms with Crippen molar-refractivity contribution in [1.82, 2.24) is 14.3 Å². The number of benzene rings is 10. The summed E-state index contributed by atoms with van der Waals surface area (Å²) in [7, 11) is 0. The molecule has 12 aromatic rings. The molecule has 300 valence electrons. The third-order valence-electron chi connectivity index (χ3n) is 12.6. The predicted molar refractivity (Wildman–Crippen MR) is 268 cm³/mol. The molecule has 0 saturated carbocycles. The smallest absolute Gasteiger partial charge is 0.0934 e. The molecule has 0 fully saturated rings. The Morgan fingerprint density at radius 3 is 1.50 bits per heavy atom. The largest absolute Gasteiger partial charge is 0.309 e. The van der Waals surface area contributed by atoms with E-state index in [0.717, 1.165) is 39.5 Å². The van der Waals surface area contributed by atoms with E-state index < -0.39 is 0 Å². The lowest BCUT2D eigenvalue weighted by atomic mass is 9.89. The summed E-state index contributed by atoms with van der Waals surface area (Å²) in [4.78, 5) is 0. The molecule has 12 rings (SSSR count). The molecule has 0 aliphatic rings. The van der Waals surface area contributed by atoms with Crippen molar-refractivity contribution < 1.29 is 0 Å². The molecule has 0 unspecified atom stereocenters. The van der Waals surface area contributed by atoms with Crippen LogP contribution in [-0.2, 0) is 0 Å². The SMILES string of the molecule is c1ccc(-c2cc(-c3ccccc3)n(-c3ccc(-c4ccccc4-c4ccccc4-c4ccc5c(c4)c4ccccc4n5-c4ccc(-c5cccc6ccccc56)cc4)cc3)n2)cc1. The van der Waals surface area contributed by atoms with Crippen LogP contribution in [-0.4, -0.2) is 14.3 Å². The molecule has 3 heteroatoms. The fourth-order valence-corrected chi connectivity index (χ4v) is 9.55. The summed E-state index contributed by atoms with van der Waals surface area (Å²) in [6, 6.07) is 89.4. The number of fused-ring (bicyclic) bond motifs is 4. The van der Waals surface area contributed by atoms with E-state index in [2.05, 4.69) is 252 Å². The van der Waals surface area contributed by atoms with Gasteiger partial charge in [0.25, 0.3) is 0 Å². The van der Waals surface area contributed by atoms with Gasteiger partial charge in [0.1, 0.15) is 0 Å². The third kappa shape index (κ3) is 6.50. The van der Waals surface area contributed by atoms with Crippen molar-refractivity contribution in [2.45, 2.75) is 0 Å². The number of para-hydroxylation sites is 1. The molecule has 0 aliphatic carbocycles. The lowest BCUT2D eigenvalue weighted by Crippen LogP contribution is -1.99. The first kappa shape index (κ1) is 37.2. The molecule has 0 spiro atoms. The second-order valence-corrected chi connectivity index (χ2v) is 16.4. The van der Waals surface area contributed by atoms with Crippen LogP contribution in [0.5, 0.6) is 0 Å². The van der Waals surface area contributed by atoms with Crippen molar-refractivity contribution in [3.05, 3.63) is 249 Å². The molecule has 0 saturated heterocycles. The molecule has 2 aromatic heterocycles. The van der Waals surface area contributed by atoms with Crippen LogP contribution >= 0.6 is 0 Å². The minimum absolute atomic E-state index is 0.944. The highest BCUT2D eigenvalue weighted by molar-refractivity contribution is 6.11. The Kier molecular flexibility index (Phi) is 9.16. The van der Waals surface area contributed by atoms with Crippen LogP contribution in [0.2, 0.25) is 0 Å². The Bertz CT molecular complexity index is 3630. The molecule has 64 heavy (non-hydrogen) atoms. The van der Waals surface area contributed by atoms with Gasteiger partial charge in [-0.25, -0.2) is 4.68 Å². The summed E-state index contributed by atoms with van der Waals surface area (Å²) >= 11 is 0. The minimum Gasteiger partial charge on any atom is -0.309 e. The summed E-state index contributed by atoms with van der Waals surface area (Å²) < 4.78 is 4.47. The van der Waals surface area contributed by atoms with Gasteiger partial charge < -0.3 is 4.57 Å². The van der Waals surface area contributed by atoms with E-state index in [1.54, 1.807) is 0 Å². The Hall–Kier alpha value is -8.53. The van der Waals surface area contributed by atoms with Crippen LogP contribution in [0.1, 0.15) is 0 Å². The molecule has 10 aromatic carbocycles. The van der Waals surface area contributed by atoms with Crippen LogP contribution in [0.25, 0.3) is 111 Å². The molecule has 0 atom stereocenters. The Morgan fingerprint density at radius 2 is 0.781 bits per heavy atom. The average molecular weight is 816 g/mol. The summed E-state index contributed by atoms with van der Waals surface area (Å²) in [5.41, 5.74) is 18.3. The lowest BCUT2D eigenvalue weighted by Gasteiger charge is -2.16. The van der Waals surface area contributed by atoms with Crippen molar-refractivity contribution in [3.63, 3.8) is 0 Å². The maximum atomic E-state index is 5.14. The molecular formula is C61H41N3. The number of rotatable bonds is 8. The zero-order chi connectivity index (χ0) is 42.4. The summed E-state index contributed by atoms with van der Waals surface area (Å²) in [6.07, 6.45) is 0. The Balaban J connectivity index is 0.913. The van der Waals surface area contributed by atoms with Crippen LogP contribution in [0.3, 0.4) is 0 Å². The normalized spacial score (nSPS) is 11.4. The van der Waals surface area contributed by atoms with Gasteiger partial charge >= 0.3 is 0 Å². The van der Waals surface area contributed by atoms with Gasteiger partial charge in [-0.2, -0.15) is 5.10 Å². The van der Waals surface area contributed by atoms with E-state index in [4.69, 9.17) is 5.10 Å². The zero-order valence-electron chi connectivity index (χ0n) is 35.0. The van der Waals surface area contributed by atoms with Crippen molar-refractivity contribution in [1.29, 1.82) is 0 Å². The van der Waals surface area contributed by atoms with Crippen molar-refractivity contribution in [2.24, 2.45) is 0 Å². The van der Waals surface area contributed by atoms with Crippen LogP contribution in [0, 0.1) is 0 Å². The van der Waals surface area contributed by atoms with Gasteiger partial charge in [0.2, 0.25) is 0 Å². The first-order valence-electron chi connectivity index (χ1n) is 21.9. The second-order valence-electron chi connectivity index (χ2n) is 16.4. The number of aromatic nitrogens is 3. The maximum absolute atomic E-state index is 5.14. The van der Waals surface area contributed by atoms with E-state index >= 15 is 0 Å². The topological polar surface area (TPSA) is 22.8 Å². The van der Waals surface area contributed by atoms with Gasteiger partial charge in [-0.3, -0.25) is 0 Å². The number of hydrogen-bond donors (Lipinski definition) is 0. The van der Waals surface area contributed by atoms with Gasteiger partial charge in [0, 0.05) is 27.6 Å². The van der Waals surface area contributed by atoms with Gasteiger partial charge in [-0.05, 0) is 104 Å². The third-order valence-corrected chi connectivity index (χ3v) is 12.6. The molecule has 0 N–H and O–H groups in total. The fourth-order valence-electron chi connectivity index (χ4n) is 9.55. The van der Waals surface area contributed by atoms with Crippen molar-refractivity contribution in [2.75, 3.05) is 0 Å². The minimum atomic E-state index is 0.944. The quantitative estimate of drug-likeness (QED) is 0.150. The molecule has 0 bridgehead atoms. The first-order valence-corrected chi connectivity index (χ1v) is 21.9. The van der Waals surface area contributed by atoms with Crippen LogP contribution in [0.4, 0.5) is 0 Å². The lowest BCUT2D eigenvalue weighted by molar-refractivity contribution is 0.892. The van der Waals surface area contributed by atoms with Gasteiger partial charge in [-0.15, -0.1) is 0 Å². The van der Waals surface area contributed by atoms with Gasteiger partial charge in [0.05, 0.1) is 28.1 Å². The van der Waals surface area contributed by atoms with Crippen LogP contribution in [0.15, 0.2) is 249 Å². The second kappa shape index (κ2) is 15.7. The summed E-state index contributed by atoms with van der Waals surface area (Å²) in [5, 5.41) is 10.1. The Morgan fingerprint density at radius 1 is 0.281 bits per heavy atom. The molecule has 2 heterocycles.